The van der Waals surface area contributed by atoms with Gasteiger partial charge in [-0.1, -0.05) is 13.8 Å². The van der Waals surface area contributed by atoms with Gasteiger partial charge in [0.1, 0.15) is 9.84 Å². The molecule has 0 bridgehead atoms. The molecular formula is C14H26N2O3S. The van der Waals surface area contributed by atoms with Gasteiger partial charge in [0.05, 0.1) is 11.2 Å². The Hall–Kier alpha value is -0.620. The Labute approximate surface area is 122 Å². The van der Waals surface area contributed by atoms with Crippen molar-refractivity contribution >= 4 is 15.7 Å². The van der Waals surface area contributed by atoms with Crippen LogP contribution in [-0.4, -0.2) is 68.9 Å². The van der Waals surface area contributed by atoms with E-state index in [1.165, 1.54) is 6.26 Å². The van der Waals surface area contributed by atoms with E-state index in [2.05, 4.69) is 18.7 Å². The van der Waals surface area contributed by atoms with Crippen molar-refractivity contribution in [1.29, 1.82) is 0 Å². The maximum absolute atomic E-state index is 12.4. The summed E-state index contributed by atoms with van der Waals surface area (Å²) in [5, 5.41) is 0. The number of sulfone groups is 1. The van der Waals surface area contributed by atoms with Crippen molar-refractivity contribution in [3.63, 3.8) is 0 Å². The van der Waals surface area contributed by atoms with Crippen molar-refractivity contribution in [1.82, 2.24) is 9.80 Å². The maximum atomic E-state index is 12.4. The average Bonchev–Trinajstić information content (AvgIpc) is 2.32. The summed E-state index contributed by atoms with van der Waals surface area (Å²) in [6.45, 7) is 8.44. The van der Waals surface area contributed by atoms with Crippen LogP contribution < -0.4 is 0 Å². The van der Waals surface area contributed by atoms with E-state index in [0.29, 0.717) is 12.5 Å². The van der Waals surface area contributed by atoms with E-state index in [1.807, 2.05) is 0 Å². The fourth-order valence-corrected chi connectivity index (χ4v) is 3.96. The summed E-state index contributed by atoms with van der Waals surface area (Å²) >= 11 is 0. The smallest absolute Gasteiger partial charge is 0.231 e. The average molecular weight is 302 g/mol. The van der Waals surface area contributed by atoms with Crippen LogP contribution in [0.25, 0.3) is 0 Å². The van der Waals surface area contributed by atoms with Crippen molar-refractivity contribution in [3.8, 4) is 0 Å². The lowest BCUT2D eigenvalue weighted by Crippen LogP contribution is -2.67. The fourth-order valence-electron chi connectivity index (χ4n) is 3.41. The van der Waals surface area contributed by atoms with E-state index < -0.39 is 9.84 Å². The molecule has 1 spiro atoms. The summed E-state index contributed by atoms with van der Waals surface area (Å²) in [6, 6.07) is 0. The highest BCUT2D eigenvalue weighted by Gasteiger charge is 2.53. The van der Waals surface area contributed by atoms with Crippen molar-refractivity contribution in [2.75, 3.05) is 44.7 Å². The highest BCUT2D eigenvalue weighted by atomic mass is 32.2. The van der Waals surface area contributed by atoms with E-state index in [9.17, 15) is 13.2 Å². The minimum Gasteiger partial charge on any atom is -0.340 e. The first kappa shape index (κ1) is 15.8. The van der Waals surface area contributed by atoms with Gasteiger partial charge in [-0.15, -0.1) is 0 Å². The maximum Gasteiger partial charge on any atom is 0.231 e. The molecule has 1 atom stereocenters. The minimum absolute atomic E-state index is 0.0739. The number of piperidine rings is 1. The van der Waals surface area contributed by atoms with Crippen LogP contribution in [-0.2, 0) is 14.6 Å². The molecule has 0 unspecified atom stereocenters. The van der Waals surface area contributed by atoms with Gasteiger partial charge in [-0.2, -0.15) is 0 Å². The van der Waals surface area contributed by atoms with E-state index in [-0.39, 0.29) is 17.1 Å². The molecule has 2 rings (SSSR count). The molecule has 116 valence electrons. The largest absolute Gasteiger partial charge is 0.340 e. The number of likely N-dealkylation sites (tertiary alicyclic amines) is 2. The first-order valence-corrected chi connectivity index (χ1v) is 9.47. The monoisotopic (exact) mass is 302 g/mol. The zero-order chi connectivity index (χ0) is 15.0. The summed E-state index contributed by atoms with van der Waals surface area (Å²) < 4.78 is 22.4. The predicted molar refractivity (Wildman–Crippen MR) is 79.2 cm³/mol. The Bertz CT molecular complexity index is 475. The minimum atomic E-state index is -2.99. The third-order valence-electron chi connectivity index (χ3n) is 4.25. The molecule has 2 aliphatic rings. The Morgan fingerprint density at radius 3 is 2.55 bits per heavy atom. The number of β-lactam (4-membered cyclic amide) rings is 1. The molecule has 20 heavy (non-hydrogen) atoms. The summed E-state index contributed by atoms with van der Waals surface area (Å²) in [4.78, 5) is 16.5. The second-order valence-electron chi connectivity index (χ2n) is 6.87. The van der Waals surface area contributed by atoms with Gasteiger partial charge in [0.15, 0.2) is 0 Å². The van der Waals surface area contributed by atoms with Gasteiger partial charge in [0, 0.05) is 32.4 Å². The number of amides is 1. The van der Waals surface area contributed by atoms with E-state index in [4.69, 9.17) is 0 Å². The molecule has 2 heterocycles. The van der Waals surface area contributed by atoms with Crippen LogP contribution in [0, 0.1) is 11.3 Å². The van der Waals surface area contributed by atoms with Crippen LogP contribution in [0.3, 0.4) is 0 Å². The number of hydrogen-bond donors (Lipinski definition) is 0. The third kappa shape index (κ3) is 3.52. The molecule has 0 radical (unpaired) electrons. The van der Waals surface area contributed by atoms with Crippen molar-refractivity contribution in [2.45, 2.75) is 26.7 Å². The second-order valence-corrected chi connectivity index (χ2v) is 9.13. The van der Waals surface area contributed by atoms with Crippen molar-refractivity contribution in [2.24, 2.45) is 11.3 Å². The standard InChI is InChI=1S/C14H26N2O3S/c1-12(2)9-15-6-4-5-14(10-15)11-16(13(14)17)7-8-20(3,18)19/h12H,4-11H2,1-3H3/t14-/m0/s1. The van der Waals surface area contributed by atoms with Gasteiger partial charge < -0.3 is 9.80 Å². The molecule has 0 aliphatic carbocycles. The summed E-state index contributed by atoms with van der Waals surface area (Å²) in [6.07, 6.45) is 3.24. The van der Waals surface area contributed by atoms with Gasteiger partial charge in [0.25, 0.3) is 0 Å². The number of hydrogen-bond acceptors (Lipinski definition) is 4. The SMILES string of the molecule is CC(C)CN1CCC[C@]2(C1)CN(CCS(C)(=O)=O)C2=O. The Morgan fingerprint density at radius 1 is 1.30 bits per heavy atom. The molecule has 6 heteroatoms. The lowest BCUT2D eigenvalue weighted by atomic mass is 9.72. The van der Waals surface area contributed by atoms with Crippen molar-refractivity contribution < 1.29 is 13.2 Å². The highest BCUT2D eigenvalue weighted by Crippen LogP contribution is 2.40. The molecule has 2 aliphatic heterocycles. The molecule has 2 saturated heterocycles. The first-order valence-electron chi connectivity index (χ1n) is 7.41. The van der Waals surface area contributed by atoms with Crippen LogP contribution in [0.4, 0.5) is 0 Å². The first-order chi connectivity index (χ1) is 9.22. The van der Waals surface area contributed by atoms with E-state index in [0.717, 1.165) is 39.0 Å². The lowest BCUT2D eigenvalue weighted by molar-refractivity contribution is -0.165. The van der Waals surface area contributed by atoms with Gasteiger partial charge in [-0.3, -0.25) is 4.79 Å². The highest BCUT2D eigenvalue weighted by molar-refractivity contribution is 7.90. The molecule has 0 aromatic rings. The molecule has 2 fully saturated rings. The number of carbonyl (C=O) groups is 1. The van der Waals surface area contributed by atoms with Gasteiger partial charge in [0.2, 0.25) is 5.91 Å². The van der Waals surface area contributed by atoms with Gasteiger partial charge >= 0.3 is 0 Å². The van der Waals surface area contributed by atoms with E-state index >= 15 is 0 Å². The summed E-state index contributed by atoms with van der Waals surface area (Å²) in [5.74, 6) is 0.848. The molecule has 5 nitrogen and oxygen atoms in total. The Balaban J connectivity index is 1.89. The number of rotatable bonds is 5. The van der Waals surface area contributed by atoms with Gasteiger partial charge in [-0.25, -0.2) is 8.42 Å². The molecule has 0 N–H and O–H groups in total. The molecular weight excluding hydrogens is 276 g/mol. The normalized spacial score (nSPS) is 28.2. The third-order valence-corrected chi connectivity index (χ3v) is 5.17. The van der Waals surface area contributed by atoms with E-state index in [1.54, 1.807) is 4.90 Å². The summed E-state index contributed by atoms with van der Waals surface area (Å²) in [7, 11) is -2.99. The predicted octanol–water partition coefficient (Wildman–Crippen LogP) is 0.611. The molecule has 0 aromatic heterocycles. The summed E-state index contributed by atoms with van der Waals surface area (Å²) in [5.41, 5.74) is -0.218. The van der Waals surface area contributed by atoms with Crippen LogP contribution in [0.2, 0.25) is 0 Å². The van der Waals surface area contributed by atoms with Crippen LogP contribution in [0.5, 0.6) is 0 Å². The molecule has 1 amide bonds. The lowest BCUT2D eigenvalue weighted by Gasteiger charge is -2.53. The fraction of sp³-hybridized carbons (Fsp3) is 0.929. The second kappa shape index (κ2) is 5.64. The quantitative estimate of drug-likeness (QED) is 0.698. The topological polar surface area (TPSA) is 57.7 Å². The van der Waals surface area contributed by atoms with Gasteiger partial charge in [-0.05, 0) is 25.3 Å². The zero-order valence-corrected chi connectivity index (χ0v) is 13.6. The number of nitrogens with zero attached hydrogens (tertiary/aromatic N) is 2. The number of carbonyl (C=O) groups excluding carboxylic acids is 1. The Morgan fingerprint density at radius 2 is 2.00 bits per heavy atom. The van der Waals surface area contributed by atoms with Crippen LogP contribution in [0.1, 0.15) is 26.7 Å². The zero-order valence-electron chi connectivity index (χ0n) is 12.8. The molecule has 0 aromatic carbocycles. The molecule has 0 saturated carbocycles. The van der Waals surface area contributed by atoms with Crippen molar-refractivity contribution in [3.05, 3.63) is 0 Å². The Kier molecular flexibility index (Phi) is 4.44. The van der Waals surface area contributed by atoms with Crippen LogP contribution in [0.15, 0.2) is 0 Å². The van der Waals surface area contributed by atoms with Crippen LogP contribution >= 0.6 is 0 Å².